The minimum absolute atomic E-state index is 0.0588. The molecule has 2 atom stereocenters. The van der Waals surface area contributed by atoms with Crippen molar-refractivity contribution in [1.82, 2.24) is 4.98 Å². The van der Waals surface area contributed by atoms with Crippen LogP contribution in [0.15, 0.2) is 12.3 Å². The van der Waals surface area contributed by atoms with Crippen LogP contribution in [0.4, 0.5) is 4.39 Å². The maximum absolute atomic E-state index is 13.2. The second-order valence-electron chi connectivity index (χ2n) is 3.02. The highest BCUT2D eigenvalue weighted by molar-refractivity contribution is 6.29. The first-order valence-corrected chi connectivity index (χ1v) is 5.20. The first-order chi connectivity index (χ1) is 7.06. The van der Waals surface area contributed by atoms with Gasteiger partial charge in [-0.05, 0) is 12.5 Å². The molecular weight excluding hydrogens is 244 g/mol. The van der Waals surface area contributed by atoms with Crippen LogP contribution in [-0.4, -0.2) is 27.2 Å². The van der Waals surface area contributed by atoms with Crippen LogP contribution in [0.2, 0.25) is 5.15 Å². The van der Waals surface area contributed by atoms with E-state index in [9.17, 15) is 14.6 Å². The maximum Gasteiger partial charge on any atom is 0.147 e. The molecule has 1 heterocycles. The van der Waals surface area contributed by atoms with Crippen molar-refractivity contribution in [2.75, 3.05) is 5.88 Å². The van der Waals surface area contributed by atoms with Crippen LogP contribution >= 0.6 is 23.2 Å². The van der Waals surface area contributed by atoms with E-state index in [-0.39, 0.29) is 23.0 Å². The number of rotatable bonds is 4. The molecule has 1 aromatic heterocycles. The van der Waals surface area contributed by atoms with E-state index in [4.69, 9.17) is 23.2 Å². The molecule has 0 aromatic carbocycles. The van der Waals surface area contributed by atoms with Gasteiger partial charge in [0.05, 0.1) is 12.3 Å². The van der Waals surface area contributed by atoms with Crippen molar-refractivity contribution in [2.24, 2.45) is 0 Å². The van der Waals surface area contributed by atoms with Crippen molar-refractivity contribution in [3.63, 3.8) is 0 Å². The van der Waals surface area contributed by atoms with E-state index in [0.29, 0.717) is 0 Å². The maximum atomic E-state index is 13.2. The Kier molecular flexibility index (Phi) is 4.73. The summed E-state index contributed by atoms with van der Waals surface area (Å²) >= 11 is 10.9. The number of aliphatic hydroxyl groups is 2. The molecule has 2 unspecified atom stereocenters. The van der Waals surface area contributed by atoms with Crippen molar-refractivity contribution in [1.29, 1.82) is 0 Å². The summed E-state index contributed by atoms with van der Waals surface area (Å²) in [5.41, 5.74) is -0.0763. The Balaban J connectivity index is 2.89. The quantitative estimate of drug-likeness (QED) is 0.637. The summed E-state index contributed by atoms with van der Waals surface area (Å²) in [5.74, 6) is -0.529. The zero-order valence-electron chi connectivity index (χ0n) is 7.70. The minimum atomic E-state index is -1.34. The monoisotopic (exact) mass is 253 g/mol. The molecule has 0 amide bonds. The third-order valence-corrected chi connectivity index (χ3v) is 2.36. The van der Waals surface area contributed by atoms with Gasteiger partial charge < -0.3 is 10.2 Å². The molecule has 0 bridgehead atoms. The molecule has 84 valence electrons. The van der Waals surface area contributed by atoms with E-state index in [1.54, 1.807) is 0 Å². The Hall–Kier alpha value is -0.420. The van der Waals surface area contributed by atoms with E-state index in [0.717, 1.165) is 6.20 Å². The van der Waals surface area contributed by atoms with Gasteiger partial charge in [-0.15, -0.1) is 11.6 Å². The fourth-order valence-corrected chi connectivity index (χ4v) is 1.52. The van der Waals surface area contributed by atoms with Crippen LogP contribution in [0.25, 0.3) is 0 Å². The second kappa shape index (κ2) is 5.61. The largest absolute Gasteiger partial charge is 0.390 e. The van der Waals surface area contributed by atoms with Gasteiger partial charge in [-0.2, -0.15) is 0 Å². The fourth-order valence-electron chi connectivity index (χ4n) is 1.13. The Morgan fingerprint density at radius 3 is 2.73 bits per heavy atom. The number of aliphatic hydroxyl groups excluding tert-OH is 2. The number of alkyl halides is 1. The summed E-state index contributed by atoms with van der Waals surface area (Å²) in [5, 5.41) is 19.1. The molecule has 0 spiro atoms. The summed E-state index contributed by atoms with van der Waals surface area (Å²) in [6.07, 6.45) is -1.39. The molecule has 1 rings (SSSR count). The summed E-state index contributed by atoms with van der Waals surface area (Å²) in [4.78, 5) is 3.50. The predicted octanol–water partition coefficient (Wildman–Crippen LogP) is 1.90. The highest BCUT2D eigenvalue weighted by atomic mass is 35.5. The molecule has 0 aliphatic rings. The van der Waals surface area contributed by atoms with Gasteiger partial charge in [-0.3, -0.25) is 0 Å². The Morgan fingerprint density at radius 2 is 2.13 bits per heavy atom. The molecule has 6 heteroatoms. The van der Waals surface area contributed by atoms with E-state index in [2.05, 4.69) is 4.98 Å². The number of hydrogen-bond donors (Lipinski definition) is 2. The van der Waals surface area contributed by atoms with Gasteiger partial charge in [0.1, 0.15) is 17.1 Å². The average Bonchev–Trinajstić information content (AvgIpc) is 2.21. The number of aromatic nitrogens is 1. The molecule has 0 fully saturated rings. The van der Waals surface area contributed by atoms with Gasteiger partial charge in [0.15, 0.2) is 0 Å². The van der Waals surface area contributed by atoms with Gasteiger partial charge in [0.25, 0.3) is 0 Å². The van der Waals surface area contributed by atoms with Crippen LogP contribution in [0.5, 0.6) is 0 Å². The standard InChI is InChI=1S/C9H10Cl2FNO2/c10-2-1-7(14)9(15)5-3-8(11)13-4-6(5)12/h3-4,7,9,14-15H,1-2H2. The van der Waals surface area contributed by atoms with Gasteiger partial charge in [-0.1, -0.05) is 11.6 Å². The minimum Gasteiger partial charge on any atom is -0.390 e. The van der Waals surface area contributed by atoms with Gasteiger partial charge in [-0.25, -0.2) is 9.37 Å². The predicted molar refractivity (Wildman–Crippen MR) is 55.5 cm³/mol. The van der Waals surface area contributed by atoms with Gasteiger partial charge >= 0.3 is 0 Å². The Bertz CT molecular complexity index is 338. The van der Waals surface area contributed by atoms with Crippen molar-refractivity contribution in [3.8, 4) is 0 Å². The van der Waals surface area contributed by atoms with Crippen LogP contribution < -0.4 is 0 Å². The van der Waals surface area contributed by atoms with E-state index < -0.39 is 18.0 Å². The van der Waals surface area contributed by atoms with Gasteiger partial charge in [0.2, 0.25) is 0 Å². The molecule has 2 N–H and O–H groups in total. The third kappa shape index (κ3) is 3.28. The third-order valence-electron chi connectivity index (χ3n) is 1.94. The summed E-state index contributed by atoms with van der Waals surface area (Å²) < 4.78 is 13.2. The van der Waals surface area contributed by atoms with Crippen LogP contribution in [0.3, 0.4) is 0 Å². The molecule has 1 aromatic rings. The first-order valence-electron chi connectivity index (χ1n) is 4.29. The fraction of sp³-hybridized carbons (Fsp3) is 0.444. The number of halogens is 3. The average molecular weight is 254 g/mol. The molecule has 3 nitrogen and oxygen atoms in total. The normalized spacial score (nSPS) is 15.0. The highest BCUT2D eigenvalue weighted by Gasteiger charge is 2.21. The zero-order valence-corrected chi connectivity index (χ0v) is 9.21. The van der Waals surface area contributed by atoms with E-state index in [1.807, 2.05) is 0 Å². The number of hydrogen-bond acceptors (Lipinski definition) is 3. The smallest absolute Gasteiger partial charge is 0.147 e. The SMILES string of the molecule is OC(CCCl)C(O)c1cc(Cl)ncc1F. The van der Waals surface area contributed by atoms with Crippen molar-refractivity contribution >= 4 is 23.2 Å². The number of pyridine rings is 1. The summed E-state index contributed by atoms with van der Waals surface area (Å²) in [6, 6.07) is 1.18. The lowest BCUT2D eigenvalue weighted by atomic mass is 10.0. The second-order valence-corrected chi connectivity index (χ2v) is 3.78. The molecular formula is C9H10Cl2FNO2. The van der Waals surface area contributed by atoms with Crippen LogP contribution in [-0.2, 0) is 0 Å². The Morgan fingerprint density at radius 1 is 1.47 bits per heavy atom. The van der Waals surface area contributed by atoms with Crippen LogP contribution in [0, 0.1) is 5.82 Å². The lowest BCUT2D eigenvalue weighted by Gasteiger charge is -2.17. The molecule has 0 saturated heterocycles. The molecule has 15 heavy (non-hydrogen) atoms. The zero-order chi connectivity index (χ0) is 11.4. The number of nitrogens with zero attached hydrogens (tertiary/aromatic N) is 1. The molecule has 0 aliphatic heterocycles. The molecule has 0 saturated carbocycles. The lowest BCUT2D eigenvalue weighted by molar-refractivity contribution is 0.0148. The van der Waals surface area contributed by atoms with Crippen molar-refractivity contribution < 1.29 is 14.6 Å². The highest BCUT2D eigenvalue weighted by Crippen LogP contribution is 2.23. The van der Waals surface area contributed by atoms with Gasteiger partial charge in [0, 0.05) is 11.4 Å². The molecule has 0 radical (unpaired) electrons. The van der Waals surface area contributed by atoms with Crippen LogP contribution in [0.1, 0.15) is 18.1 Å². The Labute approximate surface area is 96.5 Å². The molecule has 0 aliphatic carbocycles. The first kappa shape index (κ1) is 12.6. The van der Waals surface area contributed by atoms with E-state index in [1.165, 1.54) is 6.07 Å². The van der Waals surface area contributed by atoms with Crippen molar-refractivity contribution in [2.45, 2.75) is 18.6 Å². The van der Waals surface area contributed by atoms with Crippen molar-refractivity contribution in [3.05, 3.63) is 28.8 Å². The summed E-state index contributed by atoms with van der Waals surface area (Å²) in [7, 11) is 0. The lowest BCUT2D eigenvalue weighted by Crippen LogP contribution is -2.19. The topological polar surface area (TPSA) is 53.4 Å². The summed E-state index contributed by atoms with van der Waals surface area (Å²) in [6.45, 7) is 0. The van der Waals surface area contributed by atoms with E-state index >= 15 is 0 Å².